The Morgan fingerprint density at radius 2 is 2.04 bits per heavy atom. The van der Waals surface area contributed by atoms with Gasteiger partial charge in [-0.2, -0.15) is 0 Å². The van der Waals surface area contributed by atoms with Crippen molar-refractivity contribution < 1.29 is 19.4 Å². The van der Waals surface area contributed by atoms with Gasteiger partial charge in [-0.15, -0.1) is 0 Å². The van der Waals surface area contributed by atoms with Crippen LogP contribution in [-0.4, -0.2) is 40.7 Å². The Morgan fingerprint density at radius 1 is 1.20 bits per heavy atom. The van der Waals surface area contributed by atoms with Gasteiger partial charge in [-0.3, -0.25) is 4.79 Å². The molecule has 128 valence electrons. The number of carbonyl (C=O) groups excluding carboxylic acids is 1. The highest BCUT2D eigenvalue weighted by Gasteiger charge is 2.16. The summed E-state index contributed by atoms with van der Waals surface area (Å²) in [6, 6.07) is 10.5. The van der Waals surface area contributed by atoms with Gasteiger partial charge >= 0.3 is 0 Å². The molecule has 0 saturated heterocycles. The van der Waals surface area contributed by atoms with Gasteiger partial charge in [0.15, 0.2) is 11.5 Å². The van der Waals surface area contributed by atoms with Crippen LogP contribution in [0.1, 0.15) is 22.0 Å². The van der Waals surface area contributed by atoms with Crippen molar-refractivity contribution in [2.45, 2.75) is 6.10 Å². The number of fused-ring (bicyclic) bond motifs is 2. The minimum atomic E-state index is -0.837. The number of aromatic nitrogens is 2. The lowest BCUT2D eigenvalue weighted by atomic mass is 10.1. The van der Waals surface area contributed by atoms with Crippen LogP contribution in [0.2, 0.25) is 0 Å². The number of H-pyrrole nitrogens is 1. The number of carbonyl (C=O) groups is 1. The van der Waals surface area contributed by atoms with Crippen LogP contribution < -0.4 is 14.8 Å². The van der Waals surface area contributed by atoms with E-state index in [9.17, 15) is 9.90 Å². The Balaban J connectivity index is 1.42. The molecule has 1 aromatic heterocycles. The normalized spacial score (nSPS) is 14.3. The molecule has 1 amide bonds. The molecule has 4 rings (SSSR count). The van der Waals surface area contributed by atoms with Crippen LogP contribution in [0.4, 0.5) is 0 Å². The van der Waals surface area contributed by atoms with Crippen molar-refractivity contribution in [2.75, 3.05) is 19.8 Å². The van der Waals surface area contributed by atoms with E-state index in [-0.39, 0.29) is 12.5 Å². The number of hydrogen-bond acceptors (Lipinski definition) is 5. The molecule has 0 bridgehead atoms. The summed E-state index contributed by atoms with van der Waals surface area (Å²) in [5.74, 6) is 1.02. The molecule has 3 N–H and O–H groups in total. The monoisotopic (exact) mass is 339 g/mol. The third-order valence-electron chi connectivity index (χ3n) is 4.09. The van der Waals surface area contributed by atoms with Gasteiger partial charge in [0.05, 0.1) is 23.5 Å². The Morgan fingerprint density at radius 3 is 2.92 bits per heavy atom. The number of aliphatic hydroxyl groups is 1. The van der Waals surface area contributed by atoms with E-state index < -0.39 is 6.10 Å². The fourth-order valence-electron chi connectivity index (χ4n) is 2.75. The molecule has 0 saturated carbocycles. The molecule has 0 fully saturated rings. The van der Waals surface area contributed by atoms with Gasteiger partial charge < -0.3 is 24.9 Å². The fourth-order valence-corrected chi connectivity index (χ4v) is 2.75. The van der Waals surface area contributed by atoms with Crippen LogP contribution in [0.3, 0.4) is 0 Å². The molecule has 2 aromatic carbocycles. The smallest absolute Gasteiger partial charge is 0.251 e. The maximum atomic E-state index is 12.3. The van der Waals surface area contributed by atoms with E-state index in [1.165, 1.54) is 0 Å². The number of aromatic amines is 1. The lowest BCUT2D eigenvalue weighted by Gasteiger charge is -2.20. The van der Waals surface area contributed by atoms with Crippen molar-refractivity contribution in [1.82, 2.24) is 15.3 Å². The van der Waals surface area contributed by atoms with E-state index in [1.807, 2.05) is 0 Å². The average Bonchev–Trinajstić information content (AvgIpc) is 3.13. The number of rotatable bonds is 4. The zero-order valence-corrected chi connectivity index (χ0v) is 13.4. The quantitative estimate of drug-likeness (QED) is 0.673. The van der Waals surface area contributed by atoms with Crippen molar-refractivity contribution in [2.24, 2.45) is 0 Å². The Kier molecular flexibility index (Phi) is 3.99. The van der Waals surface area contributed by atoms with E-state index in [1.54, 1.807) is 42.7 Å². The third-order valence-corrected chi connectivity index (χ3v) is 4.09. The molecule has 3 aromatic rings. The summed E-state index contributed by atoms with van der Waals surface area (Å²) in [5, 5.41) is 13.1. The van der Waals surface area contributed by atoms with Gasteiger partial charge in [0.2, 0.25) is 0 Å². The van der Waals surface area contributed by atoms with Gasteiger partial charge in [-0.1, -0.05) is 6.07 Å². The highest BCUT2D eigenvalue weighted by atomic mass is 16.6. The Bertz CT molecular complexity index is 922. The van der Waals surface area contributed by atoms with Crippen LogP contribution in [0.25, 0.3) is 11.0 Å². The molecule has 7 nitrogen and oxygen atoms in total. The second-order valence-corrected chi connectivity index (χ2v) is 5.76. The van der Waals surface area contributed by atoms with Crippen LogP contribution >= 0.6 is 0 Å². The van der Waals surface area contributed by atoms with Crippen molar-refractivity contribution >= 4 is 16.9 Å². The summed E-state index contributed by atoms with van der Waals surface area (Å²) >= 11 is 0. The molecule has 25 heavy (non-hydrogen) atoms. The second kappa shape index (κ2) is 6.45. The predicted molar refractivity (Wildman–Crippen MR) is 90.8 cm³/mol. The molecule has 2 heterocycles. The summed E-state index contributed by atoms with van der Waals surface area (Å²) in [5.41, 5.74) is 2.76. The molecule has 0 aliphatic carbocycles. The van der Waals surface area contributed by atoms with E-state index >= 15 is 0 Å². The Hall–Kier alpha value is -3.06. The molecular weight excluding hydrogens is 322 g/mol. The van der Waals surface area contributed by atoms with E-state index in [2.05, 4.69) is 15.3 Å². The van der Waals surface area contributed by atoms with Crippen molar-refractivity contribution in [3.8, 4) is 11.5 Å². The van der Waals surface area contributed by atoms with Crippen LogP contribution in [0.15, 0.2) is 42.7 Å². The van der Waals surface area contributed by atoms with Crippen LogP contribution in [0, 0.1) is 0 Å². The lowest BCUT2D eigenvalue weighted by Crippen LogP contribution is -2.28. The summed E-state index contributed by atoms with van der Waals surface area (Å²) in [6.45, 7) is 1.10. The topological polar surface area (TPSA) is 96.5 Å². The van der Waals surface area contributed by atoms with Gasteiger partial charge in [0.1, 0.15) is 13.2 Å². The molecule has 0 radical (unpaired) electrons. The maximum absolute atomic E-state index is 12.3. The molecule has 1 unspecified atom stereocenters. The summed E-state index contributed by atoms with van der Waals surface area (Å²) < 4.78 is 11.0. The zero-order chi connectivity index (χ0) is 17.2. The van der Waals surface area contributed by atoms with Gasteiger partial charge in [-0.05, 0) is 35.9 Å². The number of nitrogens with zero attached hydrogens (tertiary/aromatic N) is 1. The third kappa shape index (κ3) is 3.14. The summed E-state index contributed by atoms with van der Waals surface area (Å²) in [7, 11) is 0. The van der Waals surface area contributed by atoms with E-state index in [4.69, 9.17) is 9.47 Å². The van der Waals surface area contributed by atoms with E-state index in [0.717, 1.165) is 11.0 Å². The Labute approximate surface area is 143 Å². The number of nitrogens with one attached hydrogen (secondary N) is 2. The first-order valence-corrected chi connectivity index (χ1v) is 7.99. The molecule has 1 aliphatic rings. The fraction of sp³-hybridized carbons (Fsp3) is 0.222. The molecular formula is C18H17N3O4. The van der Waals surface area contributed by atoms with Crippen LogP contribution in [0.5, 0.6) is 11.5 Å². The largest absolute Gasteiger partial charge is 0.486 e. The molecule has 1 atom stereocenters. The maximum Gasteiger partial charge on any atom is 0.251 e. The molecule has 7 heteroatoms. The minimum absolute atomic E-state index is 0.0967. The van der Waals surface area contributed by atoms with Gasteiger partial charge in [0.25, 0.3) is 5.91 Å². The first-order valence-electron chi connectivity index (χ1n) is 7.99. The average molecular weight is 339 g/mol. The second-order valence-electron chi connectivity index (χ2n) is 5.76. The van der Waals surface area contributed by atoms with Gasteiger partial charge in [-0.25, -0.2) is 4.98 Å². The molecule has 0 spiro atoms. The number of aliphatic hydroxyl groups excluding tert-OH is 1. The lowest BCUT2D eigenvalue weighted by molar-refractivity contribution is 0.0916. The number of benzene rings is 2. The summed E-state index contributed by atoms with van der Waals surface area (Å²) in [4.78, 5) is 19.4. The minimum Gasteiger partial charge on any atom is -0.486 e. The van der Waals surface area contributed by atoms with Crippen molar-refractivity contribution in [3.63, 3.8) is 0 Å². The first-order chi connectivity index (χ1) is 12.2. The van der Waals surface area contributed by atoms with Crippen molar-refractivity contribution in [1.29, 1.82) is 0 Å². The van der Waals surface area contributed by atoms with Crippen LogP contribution in [-0.2, 0) is 0 Å². The van der Waals surface area contributed by atoms with Crippen molar-refractivity contribution in [3.05, 3.63) is 53.9 Å². The predicted octanol–water partition coefficient (Wildman–Crippen LogP) is 1.80. The molecule has 1 aliphatic heterocycles. The number of amides is 1. The SMILES string of the molecule is O=C(NCC(O)c1ccc2c(c1)OCCO2)c1ccc2nc[nH]c2c1. The first kappa shape index (κ1) is 15.5. The number of hydrogen-bond donors (Lipinski definition) is 3. The number of imidazole rings is 1. The summed E-state index contributed by atoms with van der Waals surface area (Å²) in [6.07, 6.45) is 0.744. The van der Waals surface area contributed by atoms with E-state index in [0.29, 0.717) is 35.8 Å². The highest BCUT2D eigenvalue weighted by Crippen LogP contribution is 2.32. The van der Waals surface area contributed by atoms with Gasteiger partial charge in [0, 0.05) is 12.1 Å². The standard InChI is InChI=1S/C18H17N3O4/c22-15(11-2-4-16-17(8-11)25-6-5-24-16)9-19-18(23)12-1-3-13-14(7-12)21-10-20-13/h1-4,7-8,10,15,22H,5-6,9H2,(H,19,23)(H,20,21). The number of ether oxygens (including phenoxy) is 2. The zero-order valence-electron chi connectivity index (χ0n) is 13.4. The highest BCUT2D eigenvalue weighted by molar-refractivity contribution is 5.97.